The van der Waals surface area contributed by atoms with Gasteiger partial charge in [0, 0.05) is 16.3 Å². The summed E-state index contributed by atoms with van der Waals surface area (Å²) in [7, 11) is 1.54. The first-order chi connectivity index (χ1) is 16.4. The average molecular weight is 556 g/mol. The van der Waals surface area contributed by atoms with Crippen LogP contribution < -0.4 is 10.1 Å². The van der Waals surface area contributed by atoms with Gasteiger partial charge in [0.25, 0.3) is 5.91 Å². The lowest BCUT2D eigenvalue weighted by atomic mass is 10.0. The van der Waals surface area contributed by atoms with Gasteiger partial charge in [0.05, 0.1) is 22.2 Å². The van der Waals surface area contributed by atoms with Crippen molar-refractivity contribution in [2.45, 2.75) is 6.92 Å². The van der Waals surface area contributed by atoms with Crippen molar-refractivity contribution >= 4 is 72.6 Å². The van der Waals surface area contributed by atoms with Crippen molar-refractivity contribution in [2.75, 3.05) is 12.4 Å². The van der Waals surface area contributed by atoms with Gasteiger partial charge in [-0.3, -0.25) is 4.79 Å². The van der Waals surface area contributed by atoms with Crippen LogP contribution in [-0.4, -0.2) is 18.0 Å². The van der Waals surface area contributed by atoms with E-state index in [0.29, 0.717) is 49.6 Å². The molecule has 0 aliphatic heterocycles. The smallest absolute Gasteiger partial charge is 0.259 e. The zero-order valence-corrected chi connectivity index (χ0v) is 21.2. The maximum absolute atomic E-state index is 13.3. The highest BCUT2D eigenvalue weighted by Gasteiger charge is 2.20. The first kappa shape index (κ1) is 22.7. The molecule has 1 N–H and O–H groups in total. The zero-order chi connectivity index (χ0) is 24.0. The Morgan fingerprint density at radius 2 is 1.88 bits per heavy atom. The van der Waals surface area contributed by atoms with E-state index in [-0.39, 0.29) is 5.91 Å². The molecule has 1 heterocycles. The van der Waals surface area contributed by atoms with E-state index in [0.717, 1.165) is 20.8 Å². The van der Waals surface area contributed by atoms with Crippen molar-refractivity contribution in [2.24, 2.45) is 0 Å². The fraction of sp³-hybridized carbons (Fsp3) is 0.0769. The molecule has 1 amide bonds. The second-order valence-corrected chi connectivity index (χ2v) is 9.37. The molecule has 5 aromatic rings. The lowest BCUT2D eigenvalue weighted by Gasteiger charge is -2.15. The molecule has 0 bridgehead atoms. The normalized spacial score (nSPS) is 11.2. The summed E-state index contributed by atoms with van der Waals surface area (Å²) in [6.07, 6.45) is 0. The SMILES string of the molecule is COc1c(C(=O)Nc2cc(-c3nc4cc(Cl)cc(Cl)c4o3)ccc2C)cc2ccccc2c1Br. The molecule has 5 nitrogen and oxygen atoms in total. The number of ether oxygens (including phenoxy) is 1. The number of aryl methyl sites for hydroxylation is 1. The van der Waals surface area contributed by atoms with E-state index in [9.17, 15) is 4.79 Å². The molecule has 0 unspecified atom stereocenters. The number of nitrogens with zero attached hydrogens (tertiary/aromatic N) is 1. The minimum atomic E-state index is -0.295. The van der Waals surface area contributed by atoms with Crippen LogP contribution in [0.15, 0.2) is 69.6 Å². The van der Waals surface area contributed by atoms with E-state index in [2.05, 4.69) is 26.2 Å². The minimum Gasteiger partial charge on any atom is -0.495 e. The molecule has 34 heavy (non-hydrogen) atoms. The number of hydrogen-bond acceptors (Lipinski definition) is 4. The molecular formula is C26H17BrCl2N2O3. The fourth-order valence-electron chi connectivity index (χ4n) is 3.82. The quantitative estimate of drug-likeness (QED) is 0.242. The highest BCUT2D eigenvalue weighted by atomic mass is 79.9. The van der Waals surface area contributed by atoms with Gasteiger partial charge in [-0.2, -0.15) is 0 Å². The molecule has 4 aromatic carbocycles. The molecule has 8 heteroatoms. The van der Waals surface area contributed by atoms with Gasteiger partial charge in [0.15, 0.2) is 5.58 Å². The van der Waals surface area contributed by atoms with Crippen molar-refractivity contribution in [3.05, 3.63) is 86.3 Å². The van der Waals surface area contributed by atoms with Gasteiger partial charge in [-0.15, -0.1) is 0 Å². The summed E-state index contributed by atoms with van der Waals surface area (Å²) in [5.74, 6) is 0.548. The topological polar surface area (TPSA) is 64.4 Å². The van der Waals surface area contributed by atoms with E-state index in [1.165, 1.54) is 0 Å². The molecule has 0 atom stereocenters. The highest BCUT2D eigenvalue weighted by Crippen LogP contribution is 2.38. The van der Waals surface area contributed by atoms with Gasteiger partial charge in [-0.05, 0) is 69.5 Å². The second kappa shape index (κ2) is 8.95. The average Bonchev–Trinajstić information content (AvgIpc) is 3.25. The zero-order valence-electron chi connectivity index (χ0n) is 18.1. The van der Waals surface area contributed by atoms with Crippen molar-refractivity contribution in [3.63, 3.8) is 0 Å². The standard InChI is InChI=1S/C26H17BrCl2N2O3/c1-13-7-8-15(26-31-21-12-16(28)11-19(29)24(21)34-26)10-20(13)30-25(32)18-9-14-5-3-4-6-17(14)22(27)23(18)33-2/h3-12H,1-2H3,(H,30,32). The largest absolute Gasteiger partial charge is 0.495 e. The number of carbonyl (C=O) groups excluding carboxylic acids is 1. The van der Waals surface area contributed by atoms with Crippen molar-refractivity contribution in [3.8, 4) is 17.2 Å². The number of benzene rings is 4. The summed E-state index contributed by atoms with van der Waals surface area (Å²) in [5.41, 5.74) is 3.63. The maximum Gasteiger partial charge on any atom is 0.259 e. The molecule has 0 aliphatic rings. The van der Waals surface area contributed by atoms with E-state index in [1.54, 1.807) is 19.2 Å². The van der Waals surface area contributed by atoms with E-state index in [1.807, 2.05) is 55.5 Å². The maximum atomic E-state index is 13.3. The number of rotatable bonds is 4. The molecular weight excluding hydrogens is 539 g/mol. The van der Waals surface area contributed by atoms with Crippen LogP contribution in [0.4, 0.5) is 5.69 Å². The molecule has 0 aliphatic carbocycles. The van der Waals surface area contributed by atoms with Crippen LogP contribution in [0.2, 0.25) is 10.0 Å². The number of aromatic nitrogens is 1. The van der Waals surface area contributed by atoms with Crippen LogP contribution in [0.5, 0.6) is 5.75 Å². The Balaban J connectivity index is 1.53. The minimum absolute atomic E-state index is 0.295. The number of fused-ring (bicyclic) bond motifs is 2. The van der Waals surface area contributed by atoms with Gasteiger partial charge in [0.1, 0.15) is 11.3 Å². The first-order valence-electron chi connectivity index (χ1n) is 10.3. The number of carbonyl (C=O) groups is 1. The van der Waals surface area contributed by atoms with Crippen molar-refractivity contribution < 1.29 is 13.9 Å². The summed E-state index contributed by atoms with van der Waals surface area (Å²) in [5, 5.41) is 5.75. The molecule has 0 saturated heterocycles. The predicted molar refractivity (Wildman–Crippen MR) is 140 cm³/mol. The third-order valence-electron chi connectivity index (χ3n) is 5.53. The molecule has 0 fully saturated rings. The summed E-state index contributed by atoms with van der Waals surface area (Å²) in [4.78, 5) is 17.8. The van der Waals surface area contributed by atoms with E-state index >= 15 is 0 Å². The Morgan fingerprint density at radius 1 is 1.09 bits per heavy atom. The number of nitrogens with one attached hydrogen (secondary N) is 1. The predicted octanol–water partition coefficient (Wildman–Crippen LogP) is 8.29. The third-order valence-corrected chi connectivity index (χ3v) is 6.82. The number of anilines is 1. The van der Waals surface area contributed by atoms with Crippen LogP contribution in [0.1, 0.15) is 15.9 Å². The molecule has 0 radical (unpaired) electrons. The van der Waals surface area contributed by atoms with Crippen molar-refractivity contribution in [1.82, 2.24) is 4.98 Å². The first-order valence-corrected chi connectivity index (χ1v) is 11.8. The Morgan fingerprint density at radius 3 is 2.68 bits per heavy atom. The second-order valence-electron chi connectivity index (χ2n) is 7.73. The van der Waals surface area contributed by atoms with Crippen LogP contribution in [0.3, 0.4) is 0 Å². The van der Waals surface area contributed by atoms with Gasteiger partial charge in [-0.1, -0.05) is 53.5 Å². The third kappa shape index (κ3) is 4.02. The monoisotopic (exact) mass is 554 g/mol. The summed E-state index contributed by atoms with van der Waals surface area (Å²) in [6.45, 7) is 1.91. The molecule has 0 spiro atoms. The number of methoxy groups -OCH3 is 1. The number of amides is 1. The van der Waals surface area contributed by atoms with Gasteiger partial charge < -0.3 is 14.5 Å². The molecule has 5 rings (SSSR count). The molecule has 1 aromatic heterocycles. The van der Waals surface area contributed by atoms with Gasteiger partial charge in [0.2, 0.25) is 5.89 Å². The van der Waals surface area contributed by atoms with Crippen molar-refractivity contribution in [1.29, 1.82) is 0 Å². The van der Waals surface area contributed by atoms with Crippen LogP contribution in [0.25, 0.3) is 33.3 Å². The van der Waals surface area contributed by atoms with Crippen LogP contribution >= 0.6 is 39.1 Å². The Bertz CT molecular complexity index is 1600. The Kier molecular flexibility index (Phi) is 5.98. The Hall–Kier alpha value is -3.06. The molecule has 0 saturated carbocycles. The Labute approximate surface area is 213 Å². The highest BCUT2D eigenvalue weighted by molar-refractivity contribution is 9.10. The number of oxazole rings is 1. The lowest BCUT2D eigenvalue weighted by Crippen LogP contribution is -2.14. The van der Waals surface area contributed by atoms with Gasteiger partial charge >= 0.3 is 0 Å². The fourth-order valence-corrected chi connectivity index (χ4v) is 5.07. The van der Waals surface area contributed by atoms with Crippen LogP contribution in [0, 0.1) is 6.92 Å². The van der Waals surface area contributed by atoms with E-state index in [4.69, 9.17) is 32.4 Å². The molecule has 170 valence electrons. The van der Waals surface area contributed by atoms with Crippen LogP contribution in [-0.2, 0) is 0 Å². The number of hydrogen-bond donors (Lipinski definition) is 1. The summed E-state index contributed by atoms with van der Waals surface area (Å²) < 4.78 is 12.2. The van der Waals surface area contributed by atoms with Gasteiger partial charge in [-0.25, -0.2) is 4.98 Å². The number of halogens is 3. The van der Waals surface area contributed by atoms with E-state index < -0.39 is 0 Å². The summed E-state index contributed by atoms with van der Waals surface area (Å²) in [6, 6.07) is 18.5. The lowest BCUT2D eigenvalue weighted by molar-refractivity contribution is 0.102. The summed E-state index contributed by atoms with van der Waals surface area (Å²) >= 11 is 15.9.